The summed E-state index contributed by atoms with van der Waals surface area (Å²) in [5, 5.41) is 18.5. The van der Waals surface area contributed by atoms with E-state index < -0.39 is 18.1 Å². The van der Waals surface area contributed by atoms with Crippen LogP contribution >= 0.6 is 0 Å². The number of terminal acetylenes is 1. The summed E-state index contributed by atoms with van der Waals surface area (Å²) in [5.41, 5.74) is 0. The average Bonchev–Trinajstić information content (AvgIpc) is 1.96. The van der Waals surface area contributed by atoms with Gasteiger partial charge in [-0.05, 0) is 6.42 Å². The first kappa shape index (κ1) is 10.3. The van der Waals surface area contributed by atoms with Crippen LogP contribution in [0.5, 0.6) is 0 Å². The van der Waals surface area contributed by atoms with Crippen LogP contribution < -0.4 is 5.32 Å². The zero-order chi connectivity index (χ0) is 9.56. The van der Waals surface area contributed by atoms with Gasteiger partial charge in [0.2, 0.25) is 0 Å². The molecule has 0 saturated carbocycles. The maximum Gasteiger partial charge on any atom is 0.405 e. The van der Waals surface area contributed by atoms with Crippen molar-refractivity contribution in [2.75, 3.05) is 0 Å². The van der Waals surface area contributed by atoms with Crippen molar-refractivity contribution in [1.82, 2.24) is 5.32 Å². The molecule has 0 radical (unpaired) electrons. The van der Waals surface area contributed by atoms with Gasteiger partial charge in [0, 0.05) is 6.42 Å². The van der Waals surface area contributed by atoms with E-state index >= 15 is 0 Å². The molecule has 0 fully saturated rings. The summed E-state index contributed by atoms with van der Waals surface area (Å²) in [6, 6.07) is -1.11. The Kier molecular flexibility index (Phi) is 4.31. The van der Waals surface area contributed by atoms with Gasteiger partial charge in [-0.3, -0.25) is 0 Å². The van der Waals surface area contributed by atoms with E-state index in [1.165, 1.54) is 0 Å². The Hall–Kier alpha value is -1.70. The van der Waals surface area contributed by atoms with Gasteiger partial charge in [-0.25, -0.2) is 9.59 Å². The summed E-state index contributed by atoms with van der Waals surface area (Å²) in [4.78, 5) is 20.4. The highest BCUT2D eigenvalue weighted by Gasteiger charge is 2.17. The van der Waals surface area contributed by atoms with E-state index in [0.29, 0.717) is 0 Å². The fourth-order valence-corrected chi connectivity index (χ4v) is 0.634. The molecule has 0 saturated heterocycles. The largest absolute Gasteiger partial charge is 0.480 e. The molecule has 3 N–H and O–H groups in total. The molecule has 0 heterocycles. The van der Waals surface area contributed by atoms with Crippen molar-refractivity contribution in [3.05, 3.63) is 0 Å². The van der Waals surface area contributed by atoms with Crippen molar-refractivity contribution in [1.29, 1.82) is 0 Å². The van der Waals surface area contributed by atoms with Crippen LogP contribution in [0.1, 0.15) is 12.8 Å². The summed E-state index contributed by atoms with van der Waals surface area (Å²) < 4.78 is 0. The van der Waals surface area contributed by atoms with Gasteiger partial charge >= 0.3 is 12.1 Å². The topological polar surface area (TPSA) is 86.6 Å². The molecule has 5 nitrogen and oxygen atoms in total. The van der Waals surface area contributed by atoms with Gasteiger partial charge in [0.25, 0.3) is 0 Å². The normalized spacial score (nSPS) is 11.2. The minimum Gasteiger partial charge on any atom is -0.480 e. The third-order valence-corrected chi connectivity index (χ3v) is 1.17. The number of hydrogen-bond donors (Lipinski definition) is 3. The first-order valence-electron chi connectivity index (χ1n) is 3.23. The lowest BCUT2D eigenvalue weighted by Gasteiger charge is -2.09. The Morgan fingerprint density at radius 3 is 2.42 bits per heavy atom. The lowest BCUT2D eigenvalue weighted by atomic mass is 10.1. The molecule has 0 rings (SSSR count). The van der Waals surface area contributed by atoms with Crippen LogP contribution in [0.15, 0.2) is 0 Å². The Morgan fingerprint density at radius 2 is 2.08 bits per heavy atom. The summed E-state index contributed by atoms with van der Waals surface area (Å²) in [6.07, 6.45) is 3.87. The molecule has 1 atom stereocenters. The van der Waals surface area contributed by atoms with Gasteiger partial charge in [0.05, 0.1) is 0 Å². The molecule has 0 aromatic heterocycles. The highest BCUT2D eigenvalue weighted by Crippen LogP contribution is 1.96. The van der Waals surface area contributed by atoms with Crippen LogP contribution in [0.25, 0.3) is 0 Å². The first-order chi connectivity index (χ1) is 5.57. The number of carbonyl (C=O) groups is 2. The van der Waals surface area contributed by atoms with E-state index in [0.717, 1.165) is 0 Å². The van der Waals surface area contributed by atoms with E-state index in [9.17, 15) is 9.59 Å². The monoisotopic (exact) mass is 171 g/mol. The van der Waals surface area contributed by atoms with Crippen LogP contribution in [0.2, 0.25) is 0 Å². The Morgan fingerprint density at radius 1 is 1.50 bits per heavy atom. The lowest BCUT2D eigenvalue weighted by Crippen LogP contribution is -2.39. The second kappa shape index (κ2) is 5.02. The highest BCUT2D eigenvalue weighted by atomic mass is 16.4. The molecule has 0 bridgehead atoms. The van der Waals surface area contributed by atoms with Crippen LogP contribution in [0.4, 0.5) is 4.79 Å². The Balaban J connectivity index is 3.97. The number of nitrogens with one attached hydrogen (secondary N) is 1. The summed E-state index contributed by atoms with van der Waals surface area (Å²) >= 11 is 0. The quantitative estimate of drug-likeness (QED) is 0.524. The number of hydrogen-bond acceptors (Lipinski definition) is 2. The van der Waals surface area contributed by atoms with Crippen LogP contribution in [-0.2, 0) is 4.79 Å². The number of amides is 1. The minimum absolute atomic E-state index is 0.109. The number of carboxylic acid groups (broad SMARTS) is 2. The number of carboxylic acids is 1. The zero-order valence-electron chi connectivity index (χ0n) is 6.28. The van der Waals surface area contributed by atoms with E-state index in [-0.39, 0.29) is 12.8 Å². The summed E-state index contributed by atoms with van der Waals surface area (Å²) in [5.74, 6) is 1.01. The fraction of sp³-hybridized carbons (Fsp3) is 0.429. The van der Waals surface area contributed by atoms with Crippen molar-refractivity contribution in [2.24, 2.45) is 0 Å². The van der Waals surface area contributed by atoms with Crippen LogP contribution in [0, 0.1) is 12.3 Å². The van der Waals surface area contributed by atoms with Crippen molar-refractivity contribution in [3.8, 4) is 12.3 Å². The summed E-state index contributed by atoms with van der Waals surface area (Å²) in [6.45, 7) is 0. The van der Waals surface area contributed by atoms with E-state index in [1.54, 1.807) is 0 Å². The van der Waals surface area contributed by atoms with E-state index in [1.807, 2.05) is 5.32 Å². The average molecular weight is 171 g/mol. The second-order valence-electron chi connectivity index (χ2n) is 2.08. The standard InChI is InChI=1S/C7H9NO4/c1-2-3-4-5(6(9)10)8-7(11)12/h1,5,8H,3-4H2,(H,9,10)(H,11,12)/t5-/m0/s1. The SMILES string of the molecule is C#CCC[C@H](NC(=O)O)C(=O)O. The molecule has 0 unspecified atom stereocenters. The van der Waals surface area contributed by atoms with E-state index in [4.69, 9.17) is 16.6 Å². The Labute approximate surface area is 69.4 Å². The molecular formula is C7H9NO4. The molecular weight excluding hydrogens is 162 g/mol. The summed E-state index contributed by atoms with van der Waals surface area (Å²) in [7, 11) is 0. The Bertz CT molecular complexity index is 218. The van der Waals surface area contributed by atoms with Crippen molar-refractivity contribution in [3.63, 3.8) is 0 Å². The van der Waals surface area contributed by atoms with Gasteiger partial charge in [0.1, 0.15) is 6.04 Å². The van der Waals surface area contributed by atoms with Gasteiger partial charge < -0.3 is 15.5 Å². The number of rotatable bonds is 4. The van der Waals surface area contributed by atoms with Gasteiger partial charge in [-0.1, -0.05) is 0 Å². The lowest BCUT2D eigenvalue weighted by molar-refractivity contribution is -0.139. The first-order valence-corrected chi connectivity index (χ1v) is 3.23. The zero-order valence-corrected chi connectivity index (χ0v) is 6.28. The molecule has 1 amide bonds. The molecule has 12 heavy (non-hydrogen) atoms. The molecule has 66 valence electrons. The molecule has 0 aliphatic rings. The maximum atomic E-state index is 10.3. The third kappa shape index (κ3) is 4.17. The molecule has 5 heteroatoms. The predicted octanol–water partition coefficient (Wildman–Crippen LogP) is 0.121. The number of aliphatic carboxylic acids is 1. The smallest absolute Gasteiger partial charge is 0.405 e. The molecule has 0 spiro atoms. The predicted molar refractivity (Wildman–Crippen MR) is 40.7 cm³/mol. The minimum atomic E-state index is -1.36. The third-order valence-electron chi connectivity index (χ3n) is 1.17. The molecule has 0 aliphatic carbocycles. The van der Waals surface area contributed by atoms with E-state index in [2.05, 4.69) is 5.92 Å². The van der Waals surface area contributed by atoms with Crippen molar-refractivity contribution >= 4 is 12.1 Å². The maximum absolute atomic E-state index is 10.3. The van der Waals surface area contributed by atoms with Gasteiger partial charge in [0.15, 0.2) is 0 Å². The van der Waals surface area contributed by atoms with Crippen LogP contribution in [0.3, 0.4) is 0 Å². The second-order valence-corrected chi connectivity index (χ2v) is 2.08. The fourth-order valence-electron chi connectivity index (χ4n) is 0.634. The van der Waals surface area contributed by atoms with Crippen LogP contribution in [-0.4, -0.2) is 28.3 Å². The van der Waals surface area contributed by atoms with Crippen molar-refractivity contribution < 1.29 is 19.8 Å². The van der Waals surface area contributed by atoms with Crippen molar-refractivity contribution in [2.45, 2.75) is 18.9 Å². The highest BCUT2D eigenvalue weighted by molar-refractivity contribution is 5.79. The molecule has 0 aromatic rings. The molecule has 0 aromatic carbocycles. The van der Waals surface area contributed by atoms with Gasteiger partial charge in [-0.2, -0.15) is 0 Å². The van der Waals surface area contributed by atoms with Gasteiger partial charge in [-0.15, -0.1) is 12.3 Å². The molecule has 0 aliphatic heterocycles.